The maximum atomic E-state index is 12.7. The highest BCUT2D eigenvalue weighted by Gasteiger charge is 2.43. The average molecular weight is 361 g/mol. The summed E-state index contributed by atoms with van der Waals surface area (Å²) >= 11 is 0. The summed E-state index contributed by atoms with van der Waals surface area (Å²) in [4.78, 5) is 29.0. The van der Waals surface area contributed by atoms with E-state index in [1.165, 1.54) is 0 Å². The summed E-state index contributed by atoms with van der Waals surface area (Å²) in [6.07, 6.45) is 5.75. The Bertz CT molecular complexity index is 955. The van der Waals surface area contributed by atoms with Crippen LogP contribution in [0.25, 0.3) is 11.0 Å². The maximum Gasteiger partial charge on any atom is 0.253 e. The van der Waals surface area contributed by atoms with Gasteiger partial charge in [-0.15, -0.1) is 0 Å². The van der Waals surface area contributed by atoms with Crippen molar-refractivity contribution in [3.05, 3.63) is 54.5 Å². The molecule has 0 spiro atoms. The number of amides is 1. The van der Waals surface area contributed by atoms with Gasteiger partial charge in [0.2, 0.25) is 0 Å². The van der Waals surface area contributed by atoms with Crippen molar-refractivity contribution in [3.8, 4) is 0 Å². The molecule has 1 saturated heterocycles. The summed E-state index contributed by atoms with van der Waals surface area (Å²) in [6, 6.07) is 12.1. The molecule has 1 amide bonds. The van der Waals surface area contributed by atoms with E-state index in [0.29, 0.717) is 17.9 Å². The van der Waals surface area contributed by atoms with Gasteiger partial charge < -0.3 is 14.8 Å². The zero-order chi connectivity index (χ0) is 18.4. The molecule has 3 heterocycles. The number of nitrogens with one attached hydrogen (secondary N) is 1. The maximum absolute atomic E-state index is 12.7. The number of anilines is 1. The number of H-pyrrole nitrogens is 1. The highest BCUT2D eigenvalue weighted by atomic mass is 16.2. The van der Waals surface area contributed by atoms with E-state index in [1.54, 1.807) is 6.33 Å². The number of hydrogen-bond donors (Lipinski definition) is 1. The predicted octanol–water partition coefficient (Wildman–Crippen LogP) is 2.94. The van der Waals surface area contributed by atoms with Crippen molar-refractivity contribution in [1.29, 1.82) is 0 Å². The molecule has 2 aliphatic rings. The summed E-state index contributed by atoms with van der Waals surface area (Å²) in [5, 5.41) is 1.07. The number of likely N-dealkylation sites (tertiary alicyclic amines) is 1. The minimum Gasteiger partial charge on any atom is -0.356 e. The van der Waals surface area contributed by atoms with Crippen molar-refractivity contribution < 1.29 is 4.79 Å². The molecule has 1 aromatic carbocycles. The molecule has 2 aromatic heterocycles. The monoisotopic (exact) mass is 361 g/mol. The third-order valence-corrected chi connectivity index (χ3v) is 6.25. The van der Waals surface area contributed by atoms with Crippen LogP contribution in [0.5, 0.6) is 0 Å². The lowest BCUT2D eigenvalue weighted by Crippen LogP contribution is -2.34. The fourth-order valence-electron chi connectivity index (χ4n) is 4.83. The Labute approximate surface area is 158 Å². The lowest BCUT2D eigenvalue weighted by atomic mass is 10.0. The van der Waals surface area contributed by atoms with E-state index in [-0.39, 0.29) is 5.91 Å². The lowest BCUT2D eigenvalue weighted by molar-refractivity contribution is 0.0779. The van der Waals surface area contributed by atoms with E-state index < -0.39 is 0 Å². The fraction of sp³-hybridized carbons (Fsp3) is 0.381. The Morgan fingerprint density at radius 3 is 2.59 bits per heavy atom. The molecular weight excluding hydrogens is 338 g/mol. The molecule has 0 radical (unpaired) electrons. The number of aromatic nitrogens is 3. The molecule has 3 aromatic rings. The molecule has 6 heteroatoms. The van der Waals surface area contributed by atoms with Crippen LogP contribution in [0.3, 0.4) is 0 Å². The fourth-order valence-corrected chi connectivity index (χ4v) is 4.83. The molecule has 1 saturated carbocycles. The molecule has 1 aliphatic heterocycles. The Morgan fingerprint density at radius 1 is 1.11 bits per heavy atom. The third kappa shape index (κ3) is 2.76. The van der Waals surface area contributed by atoms with Gasteiger partial charge in [-0.2, -0.15) is 0 Å². The lowest BCUT2D eigenvalue weighted by Gasteiger charge is -2.28. The molecule has 0 bridgehead atoms. The van der Waals surface area contributed by atoms with E-state index in [4.69, 9.17) is 0 Å². The average Bonchev–Trinajstić information content (AvgIpc) is 3.41. The molecule has 27 heavy (non-hydrogen) atoms. The van der Waals surface area contributed by atoms with Gasteiger partial charge in [0.15, 0.2) is 0 Å². The van der Waals surface area contributed by atoms with Crippen molar-refractivity contribution >= 4 is 22.8 Å². The molecule has 138 valence electrons. The largest absolute Gasteiger partial charge is 0.356 e. The Hall–Kier alpha value is -2.89. The molecule has 1 aliphatic carbocycles. The van der Waals surface area contributed by atoms with Crippen LogP contribution in [0, 0.1) is 11.8 Å². The summed E-state index contributed by atoms with van der Waals surface area (Å²) in [7, 11) is 2.13. The van der Waals surface area contributed by atoms with E-state index in [0.717, 1.165) is 48.3 Å². The first-order valence-corrected chi connectivity index (χ1v) is 9.56. The van der Waals surface area contributed by atoms with Gasteiger partial charge in [0.05, 0.1) is 5.39 Å². The first-order chi connectivity index (χ1) is 13.2. The van der Waals surface area contributed by atoms with Crippen LogP contribution in [0.2, 0.25) is 0 Å². The number of hydrogen-bond acceptors (Lipinski definition) is 4. The summed E-state index contributed by atoms with van der Waals surface area (Å²) in [5.74, 6) is 2.31. The van der Waals surface area contributed by atoms with Crippen LogP contribution < -0.4 is 4.90 Å². The van der Waals surface area contributed by atoms with Crippen LogP contribution in [0.15, 0.2) is 48.9 Å². The van der Waals surface area contributed by atoms with Crippen LogP contribution in [-0.4, -0.2) is 51.9 Å². The zero-order valence-electron chi connectivity index (χ0n) is 15.4. The van der Waals surface area contributed by atoms with Crippen LogP contribution in [0.4, 0.5) is 5.82 Å². The Balaban J connectivity index is 1.28. The SMILES string of the molecule is CN(c1ncnc2[nH]ccc12)C1C[C@@H]2CN(C(=O)c3ccccc3)C[C@@H]2C1. The van der Waals surface area contributed by atoms with Gasteiger partial charge in [0.1, 0.15) is 17.8 Å². The topological polar surface area (TPSA) is 65.1 Å². The first kappa shape index (κ1) is 16.3. The van der Waals surface area contributed by atoms with Crippen molar-refractivity contribution in [2.75, 3.05) is 25.0 Å². The summed E-state index contributed by atoms with van der Waals surface area (Å²) in [6.45, 7) is 1.73. The van der Waals surface area contributed by atoms with Gasteiger partial charge >= 0.3 is 0 Å². The molecule has 1 unspecified atom stereocenters. The second-order valence-corrected chi connectivity index (χ2v) is 7.77. The van der Waals surface area contributed by atoms with Crippen molar-refractivity contribution in [2.24, 2.45) is 11.8 Å². The van der Waals surface area contributed by atoms with Crippen LogP contribution in [-0.2, 0) is 0 Å². The number of carbonyl (C=O) groups is 1. The quantitative estimate of drug-likeness (QED) is 0.779. The Morgan fingerprint density at radius 2 is 1.85 bits per heavy atom. The molecule has 5 rings (SSSR count). The second kappa shape index (κ2) is 6.37. The molecule has 1 N–H and O–H groups in total. The summed E-state index contributed by atoms with van der Waals surface area (Å²) < 4.78 is 0. The number of aromatic amines is 1. The normalized spacial score (nSPS) is 24.3. The van der Waals surface area contributed by atoms with Gasteiger partial charge in [-0.05, 0) is 42.9 Å². The van der Waals surface area contributed by atoms with Crippen molar-refractivity contribution in [2.45, 2.75) is 18.9 Å². The van der Waals surface area contributed by atoms with Gasteiger partial charge in [0, 0.05) is 37.9 Å². The summed E-state index contributed by atoms with van der Waals surface area (Å²) in [5.41, 5.74) is 1.67. The zero-order valence-corrected chi connectivity index (χ0v) is 15.4. The van der Waals surface area contributed by atoms with Crippen molar-refractivity contribution in [1.82, 2.24) is 19.9 Å². The number of fused-ring (bicyclic) bond motifs is 2. The van der Waals surface area contributed by atoms with E-state index in [2.05, 4.69) is 26.9 Å². The van der Waals surface area contributed by atoms with Crippen LogP contribution in [0.1, 0.15) is 23.2 Å². The van der Waals surface area contributed by atoms with E-state index in [9.17, 15) is 4.79 Å². The Kier molecular flexibility index (Phi) is 3.85. The minimum atomic E-state index is 0.166. The highest BCUT2D eigenvalue weighted by molar-refractivity contribution is 5.94. The third-order valence-electron chi connectivity index (χ3n) is 6.25. The van der Waals surface area contributed by atoms with Gasteiger partial charge in [0.25, 0.3) is 5.91 Å². The van der Waals surface area contributed by atoms with E-state index >= 15 is 0 Å². The van der Waals surface area contributed by atoms with Gasteiger partial charge in [-0.1, -0.05) is 18.2 Å². The first-order valence-electron chi connectivity index (χ1n) is 9.56. The smallest absolute Gasteiger partial charge is 0.253 e. The van der Waals surface area contributed by atoms with Gasteiger partial charge in [-0.3, -0.25) is 4.79 Å². The predicted molar refractivity (Wildman–Crippen MR) is 105 cm³/mol. The second-order valence-electron chi connectivity index (χ2n) is 7.77. The number of carbonyl (C=O) groups excluding carboxylic acids is 1. The number of benzene rings is 1. The standard InChI is InChI=1S/C21H23N5O/c1-25(20-18-7-8-22-19(18)23-13-24-20)17-9-15-11-26(12-16(15)10-17)21(27)14-5-3-2-4-6-14/h2-8,13,15-17H,9-12H2,1H3,(H,22,23,24)/t15-,16+,17?. The molecule has 3 atom stereocenters. The molecule has 6 nitrogen and oxygen atoms in total. The molecular formula is C21H23N5O. The molecule has 2 fully saturated rings. The highest BCUT2D eigenvalue weighted by Crippen LogP contribution is 2.41. The number of rotatable bonds is 3. The number of nitrogens with zero attached hydrogens (tertiary/aromatic N) is 4. The van der Waals surface area contributed by atoms with Crippen molar-refractivity contribution in [3.63, 3.8) is 0 Å². The van der Waals surface area contributed by atoms with Gasteiger partial charge in [-0.25, -0.2) is 9.97 Å². The van der Waals surface area contributed by atoms with E-state index in [1.807, 2.05) is 47.5 Å². The minimum absolute atomic E-state index is 0.166. The van der Waals surface area contributed by atoms with Crippen LogP contribution >= 0.6 is 0 Å².